The fraction of sp³-hybridized carbons (Fsp3) is 0.250. The van der Waals surface area contributed by atoms with Gasteiger partial charge in [-0.25, -0.2) is 9.37 Å². The summed E-state index contributed by atoms with van der Waals surface area (Å²) in [4.78, 5) is 20.4. The fourth-order valence-corrected chi connectivity index (χ4v) is 2.59. The van der Waals surface area contributed by atoms with E-state index in [1.54, 1.807) is 56.4 Å². The number of para-hydroxylation sites is 1. The molecule has 0 aliphatic rings. The number of rotatable bonds is 6. The molecule has 0 bridgehead atoms. The lowest BCUT2D eigenvalue weighted by Gasteiger charge is -2.13. The summed E-state index contributed by atoms with van der Waals surface area (Å²) in [5.41, 5.74) is 0.860. The molecule has 3 aromatic rings. The lowest BCUT2D eigenvalue weighted by molar-refractivity contribution is -0.147. The van der Waals surface area contributed by atoms with Crippen LogP contribution >= 0.6 is 0 Å². The van der Waals surface area contributed by atoms with E-state index >= 15 is 0 Å². The Morgan fingerprint density at radius 1 is 1.19 bits per heavy atom. The van der Waals surface area contributed by atoms with Crippen molar-refractivity contribution in [1.29, 1.82) is 0 Å². The van der Waals surface area contributed by atoms with Crippen LogP contribution in [-0.2, 0) is 16.0 Å². The predicted molar refractivity (Wildman–Crippen MR) is 95.5 cm³/mol. The summed E-state index contributed by atoms with van der Waals surface area (Å²) in [6.45, 7) is 3.88. The molecule has 0 fully saturated rings. The highest BCUT2D eigenvalue weighted by atomic mass is 19.1. The Hall–Kier alpha value is -3.02. The molecule has 1 aromatic carbocycles. The molecule has 0 spiro atoms. The summed E-state index contributed by atoms with van der Waals surface area (Å²) < 4.78 is 24.8. The van der Waals surface area contributed by atoms with Crippen LogP contribution in [0, 0.1) is 11.7 Å². The van der Waals surface area contributed by atoms with Crippen molar-refractivity contribution in [2.45, 2.75) is 20.3 Å². The summed E-state index contributed by atoms with van der Waals surface area (Å²) in [5, 5.41) is 0.694. The maximum atomic E-state index is 13.9. The van der Waals surface area contributed by atoms with Gasteiger partial charge in [-0.1, -0.05) is 19.1 Å². The van der Waals surface area contributed by atoms with Gasteiger partial charge in [0.1, 0.15) is 11.3 Å². The molecule has 0 saturated carbocycles. The number of hydrogen-bond donors (Lipinski definition) is 0. The van der Waals surface area contributed by atoms with Crippen molar-refractivity contribution >= 4 is 16.9 Å². The number of ether oxygens (including phenoxy) is 2. The van der Waals surface area contributed by atoms with Gasteiger partial charge in [0.05, 0.1) is 18.2 Å². The minimum absolute atomic E-state index is 0.246. The van der Waals surface area contributed by atoms with Gasteiger partial charge in [0.15, 0.2) is 5.75 Å². The first-order valence-electron chi connectivity index (χ1n) is 8.42. The van der Waals surface area contributed by atoms with Gasteiger partial charge in [-0.2, -0.15) is 0 Å². The lowest BCUT2D eigenvalue weighted by Crippen LogP contribution is -2.17. The number of fused-ring (bicyclic) bond motifs is 1. The second-order valence-corrected chi connectivity index (χ2v) is 5.87. The smallest absolute Gasteiger partial charge is 0.309 e. The molecule has 6 heteroatoms. The van der Waals surface area contributed by atoms with E-state index in [1.165, 1.54) is 6.07 Å². The number of hydrogen-bond acceptors (Lipinski definition) is 5. The first kappa shape index (κ1) is 17.8. The molecular weight excluding hydrogens is 335 g/mol. The van der Waals surface area contributed by atoms with Crippen LogP contribution in [0.4, 0.5) is 4.39 Å². The highest BCUT2D eigenvalue weighted by Crippen LogP contribution is 2.27. The SMILES string of the molecule is CCOC(=O)C(C)Cc1ncccc1Oc1ccc2cccc(F)c2n1. The van der Waals surface area contributed by atoms with Crippen LogP contribution in [0.3, 0.4) is 0 Å². The molecule has 5 nitrogen and oxygen atoms in total. The topological polar surface area (TPSA) is 61.3 Å². The van der Waals surface area contributed by atoms with Gasteiger partial charge in [0, 0.05) is 24.1 Å². The van der Waals surface area contributed by atoms with Crippen molar-refractivity contribution in [2.24, 2.45) is 5.92 Å². The van der Waals surface area contributed by atoms with Crippen molar-refractivity contribution in [2.75, 3.05) is 6.61 Å². The van der Waals surface area contributed by atoms with E-state index in [-0.39, 0.29) is 23.3 Å². The number of benzene rings is 1. The van der Waals surface area contributed by atoms with E-state index in [0.717, 1.165) is 0 Å². The molecule has 2 aromatic heterocycles. The Balaban J connectivity index is 1.84. The summed E-state index contributed by atoms with van der Waals surface area (Å²) in [6, 6.07) is 11.7. The summed E-state index contributed by atoms with van der Waals surface area (Å²) in [6.07, 6.45) is 2.00. The largest absolute Gasteiger partial charge is 0.466 e. The van der Waals surface area contributed by atoms with Crippen LogP contribution in [-0.4, -0.2) is 22.5 Å². The maximum absolute atomic E-state index is 13.9. The number of pyridine rings is 2. The number of carbonyl (C=O) groups excluding carboxylic acids is 1. The van der Waals surface area contributed by atoms with Crippen molar-refractivity contribution in [3.8, 4) is 11.6 Å². The molecule has 2 heterocycles. The predicted octanol–water partition coefficient (Wildman–Crippen LogP) is 4.30. The van der Waals surface area contributed by atoms with Gasteiger partial charge < -0.3 is 9.47 Å². The van der Waals surface area contributed by atoms with Gasteiger partial charge in [0.25, 0.3) is 0 Å². The standard InChI is InChI=1S/C20H19FN2O3/c1-3-25-20(24)13(2)12-16-17(8-5-11-22-16)26-18-10-9-14-6-4-7-15(21)19(14)23-18/h4-11,13H,3,12H2,1-2H3. The van der Waals surface area contributed by atoms with Crippen molar-refractivity contribution in [3.05, 3.63) is 60.2 Å². The third-order valence-corrected chi connectivity index (χ3v) is 3.90. The van der Waals surface area contributed by atoms with Crippen LogP contribution in [0.15, 0.2) is 48.7 Å². The van der Waals surface area contributed by atoms with Gasteiger partial charge >= 0.3 is 5.97 Å². The van der Waals surface area contributed by atoms with E-state index in [9.17, 15) is 9.18 Å². The Morgan fingerprint density at radius 2 is 2.04 bits per heavy atom. The van der Waals surface area contributed by atoms with E-state index in [0.29, 0.717) is 29.9 Å². The third kappa shape index (κ3) is 3.96. The zero-order valence-corrected chi connectivity index (χ0v) is 14.6. The molecule has 0 aliphatic carbocycles. The minimum Gasteiger partial charge on any atom is -0.466 e. The first-order chi connectivity index (χ1) is 12.6. The Bertz CT molecular complexity index is 930. The van der Waals surface area contributed by atoms with E-state index < -0.39 is 5.82 Å². The Labute approximate surface area is 150 Å². The average Bonchev–Trinajstić information content (AvgIpc) is 2.64. The average molecular weight is 354 g/mol. The molecule has 134 valence electrons. The molecule has 1 unspecified atom stereocenters. The van der Waals surface area contributed by atoms with Gasteiger partial charge in [-0.05, 0) is 31.2 Å². The minimum atomic E-state index is -0.407. The highest BCUT2D eigenvalue weighted by molar-refractivity contribution is 5.79. The first-order valence-corrected chi connectivity index (χ1v) is 8.42. The third-order valence-electron chi connectivity index (χ3n) is 3.90. The van der Waals surface area contributed by atoms with Crippen LogP contribution in [0.2, 0.25) is 0 Å². The van der Waals surface area contributed by atoms with Crippen molar-refractivity contribution in [3.63, 3.8) is 0 Å². The normalized spacial score (nSPS) is 12.0. The number of esters is 1. The fourth-order valence-electron chi connectivity index (χ4n) is 2.59. The lowest BCUT2D eigenvalue weighted by atomic mass is 10.0. The monoisotopic (exact) mass is 354 g/mol. The zero-order chi connectivity index (χ0) is 18.5. The second kappa shape index (κ2) is 7.91. The van der Waals surface area contributed by atoms with Crippen LogP contribution in [0.5, 0.6) is 11.6 Å². The molecule has 0 aliphatic heterocycles. The number of nitrogens with zero attached hydrogens (tertiary/aromatic N) is 2. The molecule has 0 radical (unpaired) electrons. The van der Waals surface area contributed by atoms with Gasteiger partial charge in [-0.15, -0.1) is 0 Å². The summed E-state index contributed by atoms with van der Waals surface area (Å²) >= 11 is 0. The van der Waals surface area contributed by atoms with Crippen molar-refractivity contribution < 1.29 is 18.7 Å². The van der Waals surface area contributed by atoms with E-state index in [1.807, 2.05) is 0 Å². The molecular formula is C20H19FN2O3. The van der Waals surface area contributed by atoms with E-state index in [2.05, 4.69) is 9.97 Å². The quantitative estimate of drug-likeness (QED) is 0.618. The second-order valence-electron chi connectivity index (χ2n) is 5.87. The molecule has 0 saturated heterocycles. The number of carbonyl (C=O) groups is 1. The summed E-state index contributed by atoms with van der Waals surface area (Å²) in [5.74, 6) is -0.299. The Morgan fingerprint density at radius 3 is 2.85 bits per heavy atom. The molecule has 1 atom stereocenters. The zero-order valence-electron chi connectivity index (χ0n) is 14.6. The van der Waals surface area contributed by atoms with E-state index in [4.69, 9.17) is 9.47 Å². The Kier molecular flexibility index (Phi) is 5.41. The number of aromatic nitrogens is 2. The van der Waals surface area contributed by atoms with Gasteiger partial charge in [-0.3, -0.25) is 9.78 Å². The summed E-state index contributed by atoms with van der Waals surface area (Å²) in [7, 11) is 0. The van der Waals surface area contributed by atoms with Crippen LogP contribution < -0.4 is 4.74 Å². The van der Waals surface area contributed by atoms with Crippen LogP contribution in [0.1, 0.15) is 19.5 Å². The number of halogens is 1. The molecule has 0 N–H and O–H groups in total. The maximum Gasteiger partial charge on any atom is 0.309 e. The van der Waals surface area contributed by atoms with Gasteiger partial charge in [0.2, 0.25) is 5.88 Å². The van der Waals surface area contributed by atoms with Crippen LogP contribution in [0.25, 0.3) is 10.9 Å². The molecule has 0 amide bonds. The molecule has 3 rings (SSSR count). The van der Waals surface area contributed by atoms with Crippen molar-refractivity contribution in [1.82, 2.24) is 9.97 Å². The highest BCUT2D eigenvalue weighted by Gasteiger charge is 2.18. The molecule has 26 heavy (non-hydrogen) atoms.